The van der Waals surface area contributed by atoms with Crippen LogP contribution >= 0.6 is 11.3 Å². The summed E-state index contributed by atoms with van der Waals surface area (Å²) in [7, 11) is 0. The maximum Gasteiger partial charge on any atom is 0.471 e. The number of halogens is 3. The van der Waals surface area contributed by atoms with Crippen molar-refractivity contribution < 1.29 is 22.8 Å². The maximum absolute atomic E-state index is 12.2. The van der Waals surface area contributed by atoms with E-state index in [4.69, 9.17) is 0 Å². The van der Waals surface area contributed by atoms with Gasteiger partial charge < -0.3 is 4.90 Å². The van der Waals surface area contributed by atoms with E-state index >= 15 is 0 Å². The molecule has 0 aromatic carbocycles. The van der Waals surface area contributed by atoms with Crippen LogP contribution in [-0.4, -0.2) is 28.8 Å². The lowest BCUT2D eigenvalue weighted by atomic mass is 10.2. The van der Waals surface area contributed by atoms with Gasteiger partial charge in [0.05, 0.1) is 10.9 Å². The van der Waals surface area contributed by atoms with Crippen LogP contribution in [0.1, 0.15) is 21.3 Å². The molecule has 0 radical (unpaired) electrons. The van der Waals surface area contributed by atoms with Crippen LogP contribution < -0.4 is 0 Å². The molecule has 0 saturated carbocycles. The summed E-state index contributed by atoms with van der Waals surface area (Å²) in [6.07, 6.45) is -4.90. The third kappa shape index (κ3) is 1.03. The fourth-order valence-electron chi connectivity index (χ4n) is 2.11. The van der Waals surface area contributed by atoms with Gasteiger partial charge in [0.25, 0.3) is 0 Å². The van der Waals surface area contributed by atoms with Crippen LogP contribution in [0.2, 0.25) is 0 Å². The molecule has 2 heterocycles. The van der Waals surface area contributed by atoms with Gasteiger partial charge in [0.15, 0.2) is 5.78 Å². The second kappa shape index (κ2) is 2.65. The number of amides is 1. The van der Waals surface area contributed by atoms with Gasteiger partial charge in [0.2, 0.25) is 0 Å². The van der Waals surface area contributed by atoms with E-state index in [9.17, 15) is 22.8 Å². The number of carbonyl (C=O) groups is 2. The van der Waals surface area contributed by atoms with E-state index in [1.807, 2.05) is 0 Å². The van der Waals surface area contributed by atoms with Gasteiger partial charge in [0.1, 0.15) is 6.04 Å². The minimum atomic E-state index is -4.90. The van der Waals surface area contributed by atoms with Crippen LogP contribution in [0.4, 0.5) is 13.2 Å². The Morgan fingerprint density at radius 1 is 1.38 bits per heavy atom. The highest BCUT2D eigenvalue weighted by Crippen LogP contribution is 2.54. The molecule has 1 aromatic rings. The third-order valence-corrected chi connectivity index (χ3v) is 3.74. The van der Waals surface area contributed by atoms with Crippen LogP contribution in [0, 0.1) is 0 Å². The van der Waals surface area contributed by atoms with Gasteiger partial charge in [0, 0.05) is 0 Å². The van der Waals surface area contributed by atoms with E-state index in [1.54, 1.807) is 11.4 Å². The summed E-state index contributed by atoms with van der Waals surface area (Å²) in [5.74, 6) is -2.29. The van der Waals surface area contributed by atoms with Crippen molar-refractivity contribution in [3.8, 4) is 0 Å². The highest BCUT2D eigenvalue weighted by molar-refractivity contribution is 7.12. The Kier molecular flexibility index (Phi) is 1.63. The monoisotopic (exact) mass is 247 g/mol. The average molecular weight is 247 g/mol. The number of thiophene rings is 1. The van der Waals surface area contributed by atoms with Crippen molar-refractivity contribution in [1.29, 1.82) is 0 Å². The maximum atomic E-state index is 12.2. The minimum absolute atomic E-state index is 0.368. The molecule has 1 fully saturated rings. The first-order chi connectivity index (χ1) is 7.43. The zero-order valence-electron chi connectivity index (χ0n) is 7.62. The summed E-state index contributed by atoms with van der Waals surface area (Å²) in [6, 6.07) is 0.0196. The van der Waals surface area contributed by atoms with E-state index in [0.29, 0.717) is 15.3 Å². The molecular formula is C9H4F3NO2S. The molecule has 3 rings (SSSR count). The summed E-state index contributed by atoms with van der Waals surface area (Å²) < 4.78 is 36.5. The average Bonchev–Trinajstić information content (AvgIpc) is 2.57. The molecule has 0 unspecified atom stereocenters. The fourth-order valence-corrected chi connectivity index (χ4v) is 3.02. The molecule has 0 bridgehead atoms. The largest absolute Gasteiger partial charge is 0.471 e. The van der Waals surface area contributed by atoms with Crippen LogP contribution in [0.15, 0.2) is 11.4 Å². The topological polar surface area (TPSA) is 37.1 Å². The molecular weight excluding hydrogens is 243 g/mol. The van der Waals surface area contributed by atoms with Crippen molar-refractivity contribution in [2.24, 2.45) is 0 Å². The summed E-state index contributed by atoms with van der Waals surface area (Å²) in [4.78, 5) is 23.7. The zero-order chi connectivity index (χ0) is 11.7. The molecule has 1 aliphatic carbocycles. The van der Waals surface area contributed by atoms with E-state index in [-0.39, 0.29) is 5.78 Å². The van der Waals surface area contributed by atoms with Crippen molar-refractivity contribution >= 4 is 23.0 Å². The number of Topliss-reactive ketones (excluding diaryl/α,β-unsaturated/α-hetero) is 1. The van der Waals surface area contributed by atoms with Gasteiger partial charge in [-0.25, -0.2) is 0 Å². The number of hydrogen-bond acceptors (Lipinski definition) is 3. The van der Waals surface area contributed by atoms with Gasteiger partial charge in [-0.1, -0.05) is 0 Å². The zero-order valence-corrected chi connectivity index (χ0v) is 8.43. The number of rotatable bonds is 0. The predicted molar refractivity (Wildman–Crippen MR) is 48.1 cm³/mol. The molecule has 1 amide bonds. The molecule has 84 valence electrons. The van der Waals surface area contributed by atoms with Gasteiger partial charge in [-0.3, -0.25) is 9.59 Å². The standard InChI is InChI=1S/C9H4F3NO2S/c10-9(11,12)8(15)13-4-3-1-2-16-7(3)6(14)5(4)13/h1-2,4-5H/t4-,5+,13?/m0/s1. The lowest BCUT2D eigenvalue weighted by Gasteiger charge is -2.09. The Bertz CT molecular complexity index is 507. The molecule has 1 saturated heterocycles. The number of hydrogen-bond donors (Lipinski definition) is 0. The quantitative estimate of drug-likeness (QED) is 0.655. The molecule has 1 aliphatic heterocycles. The van der Waals surface area contributed by atoms with Crippen molar-refractivity contribution in [3.63, 3.8) is 0 Å². The van der Waals surface area contributed by atoms with Gasteiger partial charge in [-0.2, -0.15) is 13.2 Å². The first kappa shape index (κ1) is 9.83. The first-order valence-electron chi connectivity index (χ1n) is 4.44. The predicted octanol–water partition coefficient (Wildman–Crippen LogP) is 1.76. The van der Waals surface area contributed by atoms with E-state index in [1.165, 1.54) is 11.3 Å². The van der Waals surface area contributed by atoms with Crippen molar-refractivity contribution in [3.05, 3.63) is 21.9 Å². The number of ketones is 1. The normalized spacial score (nSPS) is 26.7. The molecule has 0 spiro atoms. The Morgan fingerprint density at radius 2 is 2.06 bits per heavy atom. The van der Waals surface area contributed by atoms with Crippen LogP contribution in [0.25, 0.3) is 0 Å². The Morgan fingerprint density at radius 3 is 2.69 bits per heavy atom. The van der Waals surface area contributed by atoms with Crippen LogP contribution in [0.5, 0.6) is 0 Å². The van der Waals surface area contributed by atoms with Gasteiger partial charge >= 0.3 is 12.1 Å². The lowest BCUT2D eigenvalue weighted by molar-refractivity contribution is -0.180. The molecule has 2 atom stereocenters. The second-order valence-corrected chi connectivity index (χ2v) is 4.59. The van der Waals surface area contributed by atoms with Crippen molar-refractivity contribution in [1.82, 2.24) is 4.90 Å². The number of carbonyl (C=O) groups excluding carboxylic acids is 2. The van der Waals surface area contributed by atoms with Gasteiger partial charge in [-0.15, -0.1) is 11.3 Å². The van der Waals surface area contributed by atoms with Crippen LogP contribution in [-0.2, 0) is 4.79 Å². The number of fused-ring (bicyclic) bond motifs is 3. The second-order valence-electron chi connectivity index (χ2n) is 3.67. The van der Waals surface area contributed by atoms with Crippen molar-refractivity contribution in [2.75, 3.05) is 0 Å². The number of nitrogens with zero attached hydrogens (tertiary/aromatic N) is 1. The molecule has 16 heavy (non-hydrogen) atoms. The minimum Gasteiger partial charge on any atom is -0.312 e. The molecule has 2 aliphatic rings. The molecule has 0 N–H and O–H groups in total. The third-order valence-electron chi connectivity index (χ3n) is 2.79. The highest BCUT2D eigenvalue weighted by atomic mass is 32.1. The molecule has 3 nitrogen and oxygen atoms in total. The molecule has 7 heteroatoms. The SMILES string of the molecule is O=C1c2sccc2[C@H]2[C@H]1N2C(=O)C(F)(F)F. The summed E-state index contributed by atoms with van der Waals surface area (Å²) in [6.45, 7) is 0. The van der Waals surface area contributed by atoms with Crippen molar-refractivity contribution in [2.45, 2.75) is 18.3 Å². The summed E-state index contributed by atoms with van der Waals surface area (Å²) in [5.41, 5.74) is 0.553. The smallest absolute Gasteiger partial charge is 0.312 e. The van der Waals surface area contributed by atoms with Gasteiger partial charge in [-0.05, 0) is 17.0 Å². The first-order valence-corrected chi connectivity index (χ1v) is 5.32. The van der Waals surface area contributed by atoms with E-state index < -0.39 is 24.2 Å². The van der Waals surface area contributed by atoms with E-state index in [0.717, 1.165) is 0 Å². The highest BCUT2D eigenvalue weighted by Gasteiger charge is 2.66. The Labute approximate surface area is 91.5 Å². The Balaban J connectivity index is 1.93. The summed E-state index contributed by atoms with van der Waals surface area (Å²) in [5, 5.41) is 1.65. The van der Waals surface area contributed by atoms with Crippen LogP contribution in [0.3, 0.4) is 0 Å². The molecule has 1 aromatic heterocycles. The summed E-state index contributed by atoms with van der Waals surface area (Å²) >= 11 is 1.21. The fraction of sp³-hybridized carbons (Fsp3) is 0.333. The Hall–Kier alpha value is -1.37. The lowest BCUT2D eigenvalue weighted by Crippen LogP contribution is -2.33. The number of alkyl halides is 3. The van der Waals surface area contributed by atoms with E-state index in [2.05, 4.69) is 0 Å².